The van der Waals surface area contributed by atoms with Gasteiger partial charge in [-0.2, -0.15) is 0 Å². The lowest BCUT2D eigenvalue weighted by atomic mass is 9.93. The number of anilines is 1. The van der Waals surface area contributed by atoms with E-state index in [2.05, 4.69) is 10.2 Å². The molecule has 0 bridgehead atoms. The molecule has 2 heterocycles. The van der Waals surface area contributed by atoms with Gasteiger partial charge >= 0.3 is 0 Å². The van der Waals surface area contributed by atoms with Crippen molar-refractivity contribution in [3.63, 3.8) is 0 Å². The molecule has 0 radical (unpaired) electrons. The molecule has 5 heteroatoms. The SMILES string of the molecule is O=[N+]([O-])c1c2ccccc2c(NCC23CCCN2CCC3)c2ccccc12. The van der Waals surface area contributed by atoms with Crippen LogP contribution in [0.4, 0.5) is 11.4 Å². The molecule has 0 spiro atoms. The van der Waals surface area contributed by atoms with Gasteiger partial charge in [-0.1, -0.05) is 36.4 Å². The summed E-state index contributed by atoms with van der Waals surface area (Å²) in [5.74, 6) is 0. The number of nitrogens with zero attached hydrogens (tertiary/aromatic N) is 2. The van der Waals surface area contributed by atoms with Crippen LogP contribution in [0.15, 0.2) is 48.5 Å². The number of nitro groups is 1. The van der Waals surface area contributed by atoms with Crippen molar-refractivity contribution in [2.45, 2.75) is 31.2 Å². The van der Waals surface area contributed by atoms with Crippen molar-refractivity contribution < 1.29 is 4.92 Å². The Bertz CT molecular complexity index is 979. The molecule has 2 saturated heterocycles. The predicted molar refractivity (Wildman–Crippen MR) is 109 cm³/mol. The van der Waals surface area contributed by atoms with Crippen molar-refractivity contribution in [3.05, 3.63) is 58.6 Å². The van der Waals surface area contributed by atoms with Crippen LogP contribution < -0.4 is 5.32 Å². The molecule has 0 atom stereocenters. The van der Waals surface area contributed by atoms with Crippen molar-refractivity contribution in [2.24, 2.45) is 0 Å². The molecule has 1 N–H and O–H groups in total. The minimum Gasteiger partial charge on any atom is -0.382 e. The molecule has 3 aromatic rings. The van der Waals surface area contributed by atoms with E-state index in [1.807, 2.05) is 48.5 Å². The quantitative estimate of drug-likeness (QED) is 0.406. The van der Waals surface area contributed by atoms with Crippen LogP contribution in [0.1, 0.15) is 25.7 Å². The Hall–Kier alpha value is -2.66. The largest absolute Gasteiger partial charge is 0.382 e. The minimum absolute atomic E-state index is 0.202. The molecule has 2 aliphatic rings. The van der Waals surface area contributed by atoms with E-state index in [9.17, 15) is 10.1 Å². The predicted octanol–water partition coefficient (Wildman–Crippen LogP) is 4.94. The van der Waals surface area contributed by atoms with Crippen molar-refractivity contribution in [1.82, 2.24) is 4.90 Å². The van der Waals surface area contributed by atoms with Gasteiger partial charge < -0.3 is 5.32 Å². The highest BCUT2D eigenvalue weighted by Gasteiger charge is 2.44. The van der Waals surface area contributed by atoms with Gasteiger partial charge in [0.1, 0.15) is 0 Å². The van der Waals surface area contributed by atoms with Gasteiger partial charge in [0.2, 0.25) is 0 Å². The van der Waals surface area contributed by atoms with E-state index >= 15 is 0 Å². The van der Waals surface area contributed by atoms with E-state index < -0.39 is 0 Å². The maximum atomic E-state index is 11.8. The second-order valence-corrected chi connectivity index (χ2v) is 7.84. The minimum atomic E-state index is -0.247. The topological polar surface area (TPSA) is 58.4 Å². The zero-order valence-corrected chi connectivity index (χ0v) is 15.3. The van der Waals surface area contributed by atoms with Crippen LogP contribution in [0.3, 0.4) is 0 Å². The molecule has 5 rings (SSSR count). The first-order valence-electron chi connectivity index (χ1n) is 9.76. The zero-order valence-electron chi connectivity index (χ0n) is 15.3. The van der Waals surface area contributed by atoms with E-state index in [0.717, 1.165) is 23.0 Å². The van der Waals surface area contributed by atoms with Crippen molar-refractivity contribution in [2.75, 3.05) is 25.0 Å². The number of hydrogen-bond donors (Lipinski definition) is 1. The molecule has 27 heavy (non-hydrogen) atoms. The molecule has 0 aromatic heterocycles. The molecule has 0 unspecified atom stereocenters. The Morgan fingerprint density at radius 2 is 1.44 bits per heavy atom. The summed E-state index contributed by atoms with van der Waals surface area (Å²) in [7, 11) is 0. The van der Waals surface area contributed by atoms with E-state index in [1.54, 1.807) is 0 Å². The maximum absolute atomic E-state index is 11.8. The second-order valence-electron chi connectivity index (χ2n) is 7.84. The van der Waals surface area contributed by atoms with Gasteiger partial charge in [0.15, 0.2) is 0 Å². The first-order chi connectivity index (χ1) is 13.2. The third kappa shape index (κ3) is 2.49. The fourth-order valence-electron chi connectivity index (χ4n) is 5.26. The molecule has 138 valence electrons. The van der Waals surface area contributed by atoms with E-state index in [-0.39, 0.29) is 16.1 Å². The molecule has 0 amide bonds. The Balaban J connectivity index is 1.67. The molecule has 3 aromatic carbocycles. The number of non-ortho nitro benzene ring substituents is 1. The normalized spacial score (nSPS) is 18.8. The van der Waals surface area contributed by atoms with Gasteiger partial charge in [-0.3, -0.25) is 15.0 Å². The third-order valence-electron chi connectivity index (χ3n) is 6.49. The zero-order chi connectivity index (χ0) is 18.4. The summed E-state index contributed by atoms with van der Waals surface area (Å²) in [4.78, 5) is 14.2. The number of hydrogen-bond acceptors (Lipinski definition) is 4. The van der Waals surface area contributed by atoms with Crippen LogP contribution in [-0.4, -0.2) is 35.0 Å². The summed E-state index contributed by atoms with van der Waals surface area (Å²) >= 11 is 0. The molecule has 0 saturated carbocycles. The number of rotatable bonds is 4. The smallest absolute Gasteiger partial charge is 0.285 e. The fraction of sp³-hybridized carbons (Fsp3) is 0.364. The lowest BCUT2D eigenvalue weighted by molar-refractivity contribution is -0.381. The van der Waals surface area contributed by atoms with Crippen LogP contribution >= 0.6 is 0 Å². The summed E-state index contributed by atoms with van der Waals surface area (Å²) < 4.78 is 0. The summed E-state index contributed by atoms with van der Waals surface area (Å²) in [5, 5.41) is 18.8. The summed E-state index contributed by atoms with van der Waals surface area (Å²) in [5.41, 5.74) is 1.48. The average Bonchev–Trinajstić information content (AvgIpc) is 3.25. The number of benzene rings is 3. The Labute approximate surface area is 158 Å². The first kappa shape index (κ1) is 16.5. The number of nitro benzene ring substituents is 1. The van der Waals surface area contributed by atoms with Crippen molar-refractivity contribution >= 4 is 32.9 Å². The monoisotopic (exact) mass is 361 g/mol. The molecule has 5 nitrogen and oxygen atoms in total. The third-order valence-corrected chi connectivity index (χ3v) is 6.49. The Morgan fingerprint density at radius 3 is 1.96 bits per heavy atom. The second kappa shape index (κ2) is 6.20. The van der Waals surface area contributed by atoms with E-state index in [0.29, 0.717) is 10.8 Å². The van der Waals surface area contributed by atoms with Crippen LogP contribution in [0.2, 0.25) is 0 Å². The highest BCUT2D eigenvalue weighted by molar-refractivity contribution is 6.17. The Kier molecular flexibility index (Phi) is 3.79. The van der Waals surface area contributed by atoms with Crippen molar-refractivity contribution in [1.29, 1.82) is 0 Å². The van der Waals surface area contributed by atoms with Crippen molar-refractivity contribution in [3.8, 4) is 0 Å². The number of fused-ring (bicyclic) bond motifs is 3. The van der Waals surface area contributed by atoms with E-state index in [1.165, 1.54) is 38.8 Å². The number of nitrogens with one attached hydrogen (secondary N) is 1. The van der Waals surface area contributed by atoms with Crippen LogP contribution in [0, 0.1) is 10.1 Å². The standard InChI is InChI=1S/C22H23N3O2/c26-25(27)21-18-9-3-1-7-16(18)20(17-8-2-4-10-19(17)21)23-15-22-11-5-13-24(22)14-6-12-22/h1-4,7-10,23H,5-6,11-15H2. The average molecular weight is 361 g/mol. The summed E-state index contributed by atoms with van der Waals surface area (Å²) in [6.45, 7) is 3.30. The Morgan fingerprint density at radius 1 is 0.926 bits per heavy atom. The molecular weight excluding hydrogens is 338 g/mol. The molecular formula is C22H23N3O2. The fourth-order valence-corrected chi connectivity index (χ4v) is 5.26. The van der Waals surface area contributed by atoms with Crippen LogP contribution in [0.25, 0.3) is 21.5 Å². The molecule has 0 aliphatic carbocycles. The summed E-state index contributed by atoms with van der Waals surface area (Å²) in [6, 6.07) is 15.4. The van der Waals surface area contributed by atoms with E-state index in [4.69, 9.17) is 0 Å². The van der Waals surface area contributed by atoms with Gasteiger partial charge in [0.05, 0.1) is 21.4 Å². The maximum Gasteiger partial charge on any atom is 0.285 e. The molecule has 2 fully saturated rings. The van der Waals surface area contributed by atoms with Gasteiger partial charge in [0.25, 0.3) is 5.69 Å². The van der Waals surface area contributed by atoms with Gasteiger partial charge in [-0.25, -0.2) is 0 Å². The first-order valence-corrected chi connectivity index (χ1v) is 9.76. The summed E-state index contributed by atoms with van der Waals surface area (Å²) in [6.07, 6.45) is 5.01. The van der Waals surface area contributed by atoms with Crippen LogP contribution in [0.5, 0.6) is 0 Å². The van der Waals surface area contributed by atoms with Gasteiger partial charge in [0, 0.05) is 22.9 Å². The van der Waals surface area contributed by atoms with Gasteiger partial charge in [-0.15, -0.1) is 0 Å². The van der Waals surface area contributed by atoms with Gasteiger partial charge in [-0.05, 0) is 50.9 Å². The molecule has 2 aliphatic heterocycles. The lowest BCUT2D eigenvalue weighted by Gasteiger charge is -2.33. The van der Waals surface area contributed by atoms with Crippen LogP contribution in [-0.2, 0) is 0 Å². The lowest BCUT2D eigenvalue weighted by Crippen LogP contribution is -2.44. The highest BCUT2D eigenvalue weighted by Crippen LogP contribution is 2.43. The highest BCUT2D eigenvalue weighted by atomic mass is 16.6.